The first-order valence-electron chi connectivity index (χ1n) is 9.14. The first-order chi connectivity index (χ1) is 12.9. The summed E-state index contributed by atoms with van der Waals surface area (Å²) in [6.45, 7) is 4.27. The van der Waals surface area contributed by atoms with Crippen molar-refractivity contribution in [1.29, 1.82) is 0 Å². The number of ether oxygens (including phenoxy) is 2. The Balaban J connectivity index is 2.04. The van der Waals surface area contributed by atoms with Crippen LogP contribution in [0, 0.1) is 5.41 Å². The van der Waals surface area contributed by atoms with Crippen molar-refractivity contribution in [3.8, 4) is 11.1 Å². The maximum Gasteiger partial charge on any atom is 0.314 e. The molecule has 0 bridgehead atoms. The molecule has 0 spiro atoms. The average Bonchev–Trinajstić information content (AvgIpc) is 2.62. The van der Waals surface area contributed by atoms with Gasteiger partial charge in [-0.25, -0.2) is 0 Å². The summed E-state index contributed by atoms with van der Waals surface area (Å²) in [4.78, 5) is 12.3. The van der Waals surface area contributed by atoms with Crippen molar-refractivity contribution in [1.82, 2.24) is 0 Å². The molecular formula is C22H28ClNO3. The van der Waals surface area contributed by atoms with Crippen LogP contribution in [0.5, 0.6) is 0 Å². The third-order valence-corrected chi connectivity index (χ3v) is 4.79. The van der Waals surface area contributed by atoms with Gasteiger partial charge in [0.05, 0.1) is 18.6 Å². The van der Waals surface area contributed by atoms with Crippen molar-refractivity contribution in [3.63, 3.8) is 0 Å². The number of hydrogen-bond donors (Lipinski definition) is 1. The summed E-state index contributed by atoms with van der Waals surface area (Å²) in [6.07, 6.45) is 1.17. The van der Waals surface area contributed by atoms with Crippen LogP contribution in [0.4, 0.5) is 0 Å². The van der Waals surface area contributed by atoms with E-state index in [9.17, 15) is 4.79 Å². The fourth-order valence-electron chi connectivity index (χ4n) is 3.28. The quantitative estimate of drug-likeness (QED) is 0.642. The van der Waals surface area contributed by atoms with Gasteiger partial charge in [-0.05, 0) is 55.5 Å². The Hall–Kier alpha value is -1.88. The highest BCUT2D eigenvalue weighted by Gasteiger charge is 2.36. The summed E-state index contributed by atoms with van der Waals surface area (Å²) in [6, 6.07) is 15.8. The number of benzene rings is 2. The highest BCUT2D eigenvalue weighted by Crippen LogP contribution is 2.27. The molecule has 0 unspecified atom stereocenters. The number of carbonyl (C=O) groups excluding carboxylic acids is 1. The number of esters is 1. The number of nitrogens with two attached hydrogens (primary N) is 1. The van der Waals surface area contributed by atoms with Crippen molar-refractivity contribution in [2.45, 2.75) is 32.7 Å². The minimum Gasteiger partial charge on any atom is -0.466 e. The summed E-state index contributed by atoms with van der Waals surface area (Å²) in [5.74, 6) is -0.265. The molecule has 0 aliphatic heterocycles. The molecule has 0 fully saturated rings. The molecule has 2 aromatic rings. The molecule has 27 heavy (non-hydrogen) atoms. The van der Waals surface area contributed by atoms with E-state index in [0.29, 0.717) is 19.4 Å². The van der Waals surface area contributed by atoms with E-state index in [-0.39, 0.29) is 18.6 Å². The van der Waals surface area contributed by atoms with Gasteiger partial charge in [-0.15, -0.1) is 0 Å². The van der Waals surface area contributed by atoms with Crippen LogP contribution in [0.1, 0.15) is 25.8 Å². The molecule has 2 aromatic carbocycles. The monoisotopic (exact) mass is 389 g/mol. The lowest BCUT2D eigenvalue weighted by molar-refractivity contribution is -0.158. The van der Waals surface area contributed by atoms with Crippen LogP contribution < -0.4 is 5.73 Å². The zero-order chi connectivity index (χ0) is 19.9. The van der Waals surface area contributed by atoms with Crippen molar-refractivity contribution < 1.29 is 14.3 Å². The number of halogens is 1. The van der Waals surface area contributed by atoms with Crippen molar-refractivity contribution >= 4 is 17.6 Å². The molecule has 0 saturated heterocycles. The maximum absolute atomic E-state index is 12.3. The Kier molecular flexibility index (Phi) is 7.84. The minimum absolute atomic E-state index is 0.174. The van der Waals surface area contributed by atoms with E-state index in [1.165, 1.54) is 0 Å². The van der Waals surface area contributed by atoms with E-state index in [2.05, 4.69) is 24.3 Å². The Morgan fingerprint density at radius 3 is 2.48 bits per heavy atom. The predicted octanol–water partition coefficient (Wildman–Crippen LogP) is 4.48. The van der Waals surface area contributed by atoms with E-state index in [1.54, 1.807) is 14.0 Å². The molecule has 2 N–H and O–H groups in total. The maximum atomic E-state index is 12.3. The molecule has 0 aliphatic rings. The summed E-state index contributed by atoms with van der Waals surface area (Å²) < 4.78 is 10.4. The van der Waals surface area contributed by atoms with Crippen molar-refractivity contribution in [2.75, 3.05) is 20.3 Å². The van der Waals surface area contributed by atoms with Gasteiger partial charge in [0.15, 0.2) is 0 Å². The van der Waals surface area contributed by atoms with Gasteiger partial charge < -0.3 is 15.2 Å². The van der Waals surface area contributed by atoms with Gasteiger partial charge in [-0.3, -0.25) is 4.79 Å². The molecule has 0 aromatic heterocycles. The molecule has 0 radical (unpaired) electrons. The molecule has 0 saturated carbocycles. The lowest BCUT2D eigenvalue weighted by Crippen LogP contribution is -2.41. The standard InChI is InChI=1S/C22H28ClNO3/c1-4-27-21(25)22(2,15-26-3)14-20(24)12-16-8-10-17(11-9-16)18-6-5-7-19(23)13-18/h5-11,13,20H,4,12,14-15,24H2,1-3H3/t20-,22+/m1/s1. The topological polar surface area (TPSA) is 61.5 Å². The number of carbonyl (C=O) groups is 1. The Morgan fingerprint density at radius 2 is 1.89 bits per heavy atom. The molecule has 4 nitrogen and oxygen atoms in total. The molecule has 5 heteroatoms. The van der Waals surface area contributed by atoms with Crippen LogP contribution >= 0.6 is 11.6 Å². The normalized spacial score (nSPS) is 14.4. The second-order valence-corrected chi connectivity index (χ2v) is 7.53. The average molecular weight is 390 g/mol. The van der Waals surface area contributed by atoms with Gasteiger partial charge in [-0.1, -0.05) is 48.0 Å². The zero-order valence-electron chi connectivity index (χ0n) is 16.2. The van der Waals surface area contributed by atoms with E-state index >= 15 is 0 Å². The van der Waals surface area contributed by atoms with Crippen LogP contribution in [0.2, 0.25) is 5.02 Å². The van der Waals surface area contributed by atoms with Crippen molar-refractivity contribution in [3.05, 3.63) is 59.1 Å². The van der Waals surface area contributed by atoms with Crippen LogP contribution in [-0.4, -0.2) is 32.3 Å². The summed E-state index contributed by atoms with van der Waals surface area (Å²) in [5.41, 5.74) is 8.90. The smallest absolute Gasteiger partial charge is 0.314 e. The molecule has 0 heterocycles. The highest BCUT2D eigenvalue weighted by molar-refractivity contribution is 6.30. The van der Waals surface area contributed by atoms with E-state index in [1.807, 2.05) is 31.2 Å². The minimum atomic E-state index is -0.745. The Bertz CT molecular complexity index is 747. The Labute approximate surface area is 166 Å². The van der Waals surface area contributed by atoms with Crippen LogP contribution in [0.3, 0.4) is 0 Å². The van der Waals surface area contributed by atoms with Gasteiger partial charge in [0.2, 0.25) is 0 Å². The molecule has 0 aliphatic carbocycles. The SMILES string of the molecule is CCOC(=O)[C@](C)(COC)C[C@H](N)Cc1ccc(-c2cccc(Cl)c2)cc1. The summed E-state index contributed by atoms with van der Waals surface area (Å²) >= 11 is 6.07. The molecular weight excluding hydrogens is 362 g/mol. The van der Waals surface area contributed by atoms with Crippen LogP contribution in [-0.2, 0) is 20.7 Å². The van der Waals surface area contributed by atoms with E-state index < -0.39 is 5.41 Å². The van der Waals surface area contributed by atoms with Gasteiger partial charge in [0.1, 0.15) is 0 Å². The van der Waals surface area contributed by atoms with Crippen LogP contribution in [0.25, 0.3) is 11.1 Å². The molecule has 146 valence electrons. The first-order valence-corrected chi connectivity index (χ1v) is 9.52. The zero-order valence-corrected chi connectivity index (χ0v) is 17.0. The van der Waals surface area contributed by atoms with Gasteiger partial charge in [0.25, 0.3) is 0 Å². The highest BCUT2D eigenvalue weighted by atomic mass is 35.5. The van der Waals surface area contributed by atoms with E-state index in [4.69, 9.17) is 26.8 Å². The predicted molar refractivity (Wildman–Crippen MR) is 110 cm³/mol. The first kappa shape index (κ1) is 21.4. The fraction of sp³-hybridized carbons (Fsp3) is 0.409. The van der Waals surface area contributed by atoms with Gasteiger partial charge >= 0.3 is 5.97 Å². The summed E-state index contributed by atoms with van der Waals surface area (Å²) in [7, 11) is 1.58. The lowest BCUT2D eigenvalue weighted by Gasteiger charge is -2.29. The third kappa shape index (κ3) is 6.06. The second kappa shape index (κ2) is 9.88. The number of rotatable bonds is 9. The fourth-order valence-corrected chi connectivity index (χ4v) is 3.47. The van der Waals surface area contributed by atoms with Gasteiger partial charge in [0, 0.05) is 18.2 Å². The lowest BCUT2D eigenvalue weighted by atomic mass is 9.82. The number of hydrogen-bond acceptors (Lipinski definition) is 4. The van der Waals surface area contributed by atoms with Crippen molar-refractivity contribution in [2.24, 2.45) is 11.1 Å². The largest absolute Gasteiger partial charge is 0.466 e. The molecule has 2 rings (SSSR count). The third-order valence-electron chi connectivity index (χ3n) is 4.55. The molecule has 2 atom stereocenters. The second-order valence-electron chi connectivity index (χ2n) is 7.09. The van der Waals surface area contributed by atoms with Crippen LogP contribution in [0.15, 0.2) is 48.5 Å². The number of methoxy groups -OCH3 is 1. The molecule has 0 amide bonds. The Morgan fingerprint density at radius 1 is 1.19 bits per heavy atom. The summed E-state index contributed by atoms with van der Waals surface area (Å²) in [5, 5.41) is 0.718. The van der Waals surface area contributed by atoms with Gasteiger partial charge in [-0.2, -0.15) is 0 Å². The van der Waals surface area contributed by atoms with E-state index in [0.717, 1.165) is 21.7 Å².